The number of hydrogen-bond donors (Lipinski definition) is 4. The van der Waals surface area contributed by atoms with E-state index in [0.717, 1.165) is 42.3 Å². The molecule has 1 aromatic heterocycles. The van der Waals surface area contributed by atoms with E-state index >= 15 is 0 Å². The number of aromatic nitrogens is 1. The third kappa shape index (κ3) is 11.1. The van der Waals surface area contributed by atoms with Gasteiger partial charge in [-0.3, -0.25) is 19.2 Å². The summed E-state index contributed by atoms with van der Waals surface area (Å²) in [5, 5.41) is 12.8. The lowest BCUT2D eigenvalue weighted by atomic mass is 9.97. The van der Waals surface area contributed by atoms with E-state index in [1.165, 1.54) is 0 Å². The molecule has 12 nitrogen and oxygen atoms in total. The number of esters is 1. The molecule has 2 heterocycles. The first-order valence-corrected chi connectivity index (χ1v) is 17.6. The Morgan fingerprint density at radius 2 is 1.71 bits per heavy atom. The number of hydrogen-bond acceptors (Lipinski definition) is 8. The van der Waals surface area contributed by atoms with Gasteiger partial charge in [0.1, 0.15) is 31.0 Å². The molecule has 0 spiro atoms. The summed E-state index contributed by atoms with van der Waals surface area (Å²) in [6, 6.07) is 4.32. The summed E-state index contributed by atoms with van der Waals surface area (Å²) in [6.45, 7) is 8.24. The maximum atomic E-state index is 14.0. The van der Waals surface area contributed by atoms with Crippen LogP contribution in [0.5, 0.6) is 0 Å². The molecule has 0 bridgehead atoms. The summed E-state index contributed by atoms with van der Waals surface area (Å²) in [5.74, 6) is -1.83. The van der Waals surface area contributed by atoms with Crippen molar-refractivity contribution in [3.63, 3.8) is 0 Å². The average Bonchev–Trinajstić information content (AvgIpc) is 3.46. The quantitative estimate of drug-likeness (QED) is 0.124. The lowest BCUT2D eigenvalue weighted by molar-refractivity contribution is -0.149. The SMILES string of the molecule is CCOC(=O)[C@@H](NC(=O)[C@H](Cc1cn(OC)c2ccccc12)NC(=O)[C@H](CCCCCC(=O)CC)NC(=O)[C@H]1CCCCN1)C(C)CC. The molecule has 1 saturated heterocycles. The van der Waals surface area contributed by atoms with Crippen LogP contribution in [-0.4, -0.2) is 78.6 Å². The number of ether oxygens (including phenoxy) is 1. The number of nitrogens with zero attached hydrogens (tertiary/aromatic N) is 1. The molecule has 1 unspecified atom stereocenters. The van der Waals surface area contributed by atoms with Crippen LogP contribution < -0.4 is 26.1 Å². The van der Waals surface area contributed by atoms with Gasteiger partial charge in [0, 0.05) is 30.8 Å². The topological polar surface area (TPSA) is 157 Å². The largest absolute Gasteiger partial charge is 0.464 e. The minimum Gasteiger partial charge on any atom is -0.464 e. The lowest BCUT2D eigenvalue weighted by Crippen LogP contribution is -2.58. The predicted molar refractivity (Wildman–Crippen MR) is 184 cm³/mol. The van der Waals surface area contributed by atoms with Crippen LogP contribution in [-0.2, 0) is 35.1 Å². The van der Waals surface area contributed by atoms with E-state index < -0.39 is 42.0 Å². The number of Topliss-reactive ketones (excluding diaryl/α,β-unsaturated/α-hetero) is 1. The minimum atomic E-state index is -1.08. The van der Waals surface area contributed by atoms with Gasteiger partial charge in [-0.2, -0.15) is 4.73 Å². The molecular weight excluding hydrogens is 614 g/mol. The molecule has 0 saturated carbocycles. The molecule has 3 rings (SSSR count). The van der Waals surface area contributed by atoms with E-state index in [9.17, 15) is 24.0 Å². The maximum absolute atomic E-state index is 14.0. The van der Waals surface area contributed by atoms with Gasteiger partial charge in [-0.25, -0.2) is 4.79 Å². The smallest absolute Gasteiger partial charge is 0.328 e. The monoisotopic (exact) mass is 669 g/mol. The lowest BCUT2D eigenvalue weighted by Gasteiger charge is -2.28. The predicted octanol–water partition coefficient (Wildman–Crippen LogP) is 3.38. The molecule has 1 aliphatic heterocycles. The molecule has 0 aliphatic carbocycles. The molecule has 4 N–H and O–H groups in total. The molecule has 48 heavy (non-hydrogen) atoms. The van der Waals surface area contributed by atoms with Crippen molar-refractivity contribution in [1.29, 1.82) is 0 Å². The van der Waals surface area contributed by atoms with Crippen LogP contribution >= 0.6 is 0 Å². The Bertz CT molecular complexity index is 1370. The van der Waals surface area contributed by atoms with Crippen LogP contribution in [0.1, 0.15) is 97.5 Å². The highest BCUT2D eigenvalue weighted by molar-refractivity contribution is 5.95. The van der Waals surface area contributed by atoms with Crippen LogP contribution in [0.25, 0.3) is 10.9 Å². The van der Waals surface area contributed by atoms with E-state index in [-0.39, 0.29) is 30.6 Å². The second kappa shape index (κ2) is 19.8. The molecule has 3 amide bonds. The molecule has 1 aliphatic rings. The normalized spacial score (nSPS) is 17.1. The summed E-state index contributed by atoms with van der Waals surface area (Å²) >= 11 is 0. The maximum Gasteiger partial charge on any atom is 0.328 e. The van der Waals surface area contributed by atoms with E-state index in [0.29, 0.717) is 44.9 Å². The van der Waals surface area contributed by atoms with Crippen LogP contribution in [0.4, 0.5) is 0 Å². The van der Waals surface area contributed by atoms with E-state index in [1.807, 2.05) is 45.0 Å². The second-order valence-corrected chi connectivity index (χ2v) is 12.6. The Kier molecular flexibility index (Phi) is 15.9. The van der Waals surface area contributed by atoms with Gasteiger partial charge in [-0.15, -0.1) is 0 Å². The Balaban J connectivity index is 1.89. The third-order valence-corrected chi connectivity index (χ3v) is 9.17. The Labute approximate surface area is 284 Å². The van der Waals surface area contributed by atoms with Gasteiger partial charge >= 0.3 is 5.97 Å². The summed E-state index contributed by atoms with van der Waals surface area (Å²) in [5.41, 5.74) is 1.56. The first-order valence-electron chi connectivity index (χ1n) is 17.6. The van der Waals surface area contributed by atoms with Crippen molar-refractivity contribution in [3.8, 4) is 0 Å². The van der Waals surface area contributed by atoms with Crippen molar-refractivity contribution >= 4 is 40.4 Å². The van der Waals surface area contributed by atoms with Gasteiger partial charge < -0.3 is 30.8 Å². The minimum absolute atomic E-state index is 0.106. The fourth-order valence-corrected chi connectivity index (χ4v) is 6.03. The highest BCUT2D eigenvalue weighted by Gasteiger charge is 2.34. The van der Waals surface area contributed by atoms with Crippen molar-refractivity contribution in [2.24, 2.45) is 5.92 Å². The molecule has 266 valence electrons. The zero-order valence-electron chi connectivity index (χ0n) is 29.3. The van der Waals surface area contributed by atoms with Crippen molar-refractivity contribution < 1.29 is 33.5 Å². The number of rotatable bonds is 20. The average molecular weight is 670 g/mol. The zero-order valence-corrected chi connectivity index (χ0v) is 29.3. The fraction of sp³-hybridized carbons (Fsp3) is 0.639. The summed E-state index contributed by atoms with van der Waals surface area (Å²) < 4.78 is 6.88. The number of carbonyl (C=O) groups excluding carboxylic acids is 5. The number of amides is 3. The van der Waals surface area contributed by atoms with Crippen LogP contribution in [0.2, 0.25) is 0 Å². The highest BCUT2D eigenvalue weighted by atomic mass is 16.6. The molecule has 0 radical (unpaired) electrons. The number of ketones is 1. The Morgan fingerprint density at radius 1 is 0.958 bits per heavy atom. The molecular formula is C36H55N5O7. The Morgan fingerprint density at radius 3 is 2.38 bits per heavy atom. The number of unbranched alkanes of at least 4 members (excludes halogenated alkanes) is 2. The number of para-hydroxylation sites is 1. The number of benzene rings is 1. The van der Waals surface area contributed by atoms with Crippen LogP contribution in [0.3, 0.4) is 0 Å². The number of carbonyl (C=O) groups is 5. The van der Waals surface area contributed by atoms with Gasteiger partial charge in [-0.1, -0.05) is 64.7 Å². The highest BCUT2D eigenvalue weighted by Crippen LogP contribution is 2.22. The summed E-state index contributed by atoms with van der Waals surface area (Å²) in [4.78, 5) is 71.5. The third-order valence-electron chi connectivity index (χ3n) is 9.17. The standard InChI is InChI=1S/C36H55N5O7/c1-6-24(4)32(36(46)48-8-3)40-35(45)30(22-25-23-41(47-5)31-20-13-12-17-27(25)31)39-34(44)29(19-11-9-10-16-26(42)7-2)38-33(43)28-18-14-15-21-37-28/h12-13,17,20,23-24,28-30,32,37H,6-11,14-16,18-19,21-22H2,1-5H3,(H,38,43)(H,39,44)(H,40,45)/t24?,28-,29+,30+,32+/m1/s1. The fourth-order valence-electron chi connectivity index (χ4n) is 6.03. The van der Waals surface area contributed by atoms with Crippen LogP contribution in [0, 0.1) is 5.92 Å². The van der Waals surface area contributed by atoms with Gasteiger partial charge in [0.25, 0.3) is 0 Å². The van der Waals surface area contributed by atoms with E-state index in [1.54, 1.807) is 25.0 Å². The molecule has 1 fully saturated rings. The van der Waals surface area contributed by atoms with Crippen molar-refractivity contribution in [2.45, 2.75) is 122 Å². The second-order valence-electron chi connectivity index (χ2n) is 12.6. The van der Waals surface area contributed by atoms with Crippen molar-refractivity contribution in [2.75, 3.05) is 20.3 Å². The summed E-state index contributed by atoms with van der Waals surface area (Å²) in [6.07, 6.45) is 8.47. The number of fused-ring (bicyclic) bond motifs is 1. The van der Waals surface area contributed by atoms with E-state index in [2.05, 4.69) is 21.3 Å². The number of nitrogens with one attached hydrogen (secondary N) is 4. The summed E-state index contributed by atoms with van der Waals surface area (Å²) in [7, 11) is 1.55. The van der Waals surface area contributed by atoms with Crippen LogP contribution in [0.15, 0.2) is 30.5 Å². The van der Waals surface area contributed by atoms with Crippen molar-refractivity contribution in [1.82, 2.24) is 26.0 Å². The number of piperidine rings is 1. The molecule has 1 aromatic carbocycles. The van der Waals surface area contributed by atoms with E-state index in [4.69, 9.17) is 9.57 Å². The first-order chi connectivity index (χ1) is 23.1. The molecule has 2 aromatic rings. The van der Waals surface area contributed by atoms with Gasteiger partial charge in [-0.05, 0) is 56.7 Å². The van der Waals surface area contributed by atoms with Gasteiger partial charge in [0.05, 0.1) is 18.2 Å². The molecule has 5 atom stereocenters. The van der Waals surface area contributed by atoms with Gasteiger partial charge in [0.2, 0.25) is 17.7 Å². The van der Waals surface area contributed by atoms with Gasteiger partial charge in [0.15, 0.2) is 0 Å². The zero-order chi connectivity index (χ0) is 35.1. The first kappa shape index (κ1) is 38.5. The van der Waals surface area contributed by atoms with Crippen molar-refractivity contribution in [3.05, 3.63) is 36.0 Å². The molecule has 12 heteroatoms. The Hall–Kier alpha value is -3.93.